The van der Waals surface area contributed by atoms with Crippen LogP contribution in [-0.2, 0) is 73.5 Å². The third-order valence-electron chi connectivity index (χ3n) is 15.7. The number of nitrogens with one attached hydrogen (secondary N) is 9. The number of hydrogen-bond donors (Lipinski definition) is 11. The minimum absolute atomic E-state index is 0.000740. The molecule has 10 amide bonds. The van der Waals surface area contributed by atoms with Crippen molar-refractivity contribution in [2.45, 2.75) is 150 Å². The van der Waals surface area contributed by atoms with Gasteiger partial charge in [0.1, 0.15) is 48.3 Å². The Hall–Kier alpha value is -7.90. The number of unbranched alkanes of at least 4 members (excludes halogenated alkanes) is 3. The number of cyclic esters (lactones) is 2. The van der Waals surface area contributed by atoms with Crippen molar-refractivity contribution in [2.24, 2.45) is 17.6 Å². The number of Topliss-reactive ketones (excluding diaryl/α,β-unsaturated/α-hetero) is 1. The first-order valence-electron chi connectivity index (χ1n) is 27.4. The molecule has 1 aromatic heterocycles. The van der Waals surface area contributed by atoms with Crippen molar-refractivity contribution in [1.82, 2.24) is 57.5 Å². The number of carbonyl (C=O) groups is 13. The van der Waals surface area contributed by atoms with Crippen molar-refractivity contribution < 1.29 is 86.5 Å². The van der Waals surface area contributed by atoms with Gasteiger partial charge in [-0.25, -0.2) is 14.5 Å². The molecule has 8 bridgehead atoms. The van der Waals surface area contributed by atoms with Gasteiger partial charge in [-0.2, -0.15) is 0 Å². The van der Waals surface area contributed by atoms with Gasteiger partial charge in [-0.3, -0.25) is 58.1 Å². The lowest BCUT2D eigenvalue weighted by Crippen LogP contribution is -2.74. The summed E-state index contributed by atoms with van der Waals surface area (Å²) in [6, 6.07) is -3.38. The summed E-state index contributed by atoms with van der Waals surface area (Å²) in [5.74, 6) is -10.9. The molecule has 9 rings (SSSR count). The van der Waals surface area contributed by atoms with Gasteiger partial charge in [0.25, 0.3) is 11.8 Å². The number of aldehydes is 1. The Morgan fingerprint density at radius 2 is 1.60 bits per heavy atom. The molecule has 12 N–H and O–H groups in total. The lowest BCUT2D eigenvalue weighted by Gasteiger charge is -2.49. The number of nitrogens with zero attached hydrogens (tertiary/aromatic N) is 2. The second kappa shape index (κ2) is 26.1. The van der Waals surface area contributed by atoms with Crippen LogP contribution >= 0.6 is 11.8 Å². The number of hydrogen-bond acceptors (Lipinski definition) is 21. The van der Waals surface area contributed by atoms with Crippen LogP contribution in [0.4, 0.5) is 9.59 Å². The van der Waals surface area contributed by atoms with Gasteiger partial charge in [0, 0.05) is 68.3 Å². The molecule has 2 aromatic rings. The van der Waals surface area contributed by atoms with Crippen LogP contribution in [0.25, 0.3) is 10.9 Å². The van der Waals surface area contributed by atoms with Gasteiger partial charge in [0.15, 0.2) is 6.29 Å². The van der Waals surface area contributed by atoms with Gasteiger partial charge in [-0.05, 0) is 36.5 Å². The maximum absolute atomic E-state index is 16.3. The van der Waals surface area contributed by atoms with E-state index in [1.165, 1.54) is 24.0 Å². The van der Waals surface area contributed by atoms with E-state index in [2.05, 4.69) is 47.5 Å². The molecule has 450 valence electrons. The molecule has 11 atom stereocenters. The first-order valence-corrected chi connectivity index (χ1v) is 28.4. The summed E-state index contributed by atoms with van der Waals surface area (Å²) in [6.45, 7) is 2.59. The Labute approximate surface area is 478 Å². The number of hydroxylamine groups is 2. The number of ketones is 1. The monoisotopic (exact) mass is 1180 g/mol. The normalized spacial score (nSPS) is 29.2. The number of H-pyrrole nitrogens is 1. The summed E-state index contributed by atoms with van der Waals surface area (Å²) in [4.78, 5) is 189. The van der Waals surface area contributed by atoms with Crippen molar-refractivity contribution in [1.29, 1.82) is 0 Å². The topological polar surface area (TPSA) is 424 Å². The summed E-state index contributed by atoms with van der Waals surface area (Å²) >= 11 is 0.992. The van der Waals surface area contributed by atoms with Crippen LogP contribution in [0.1, 0.15) is 90.5 Å². The highest BCUT2D eigenvalue weighted by atomic mass is 32.2. The van der Waals surface area contributed by atoms with E-state index < -0.39 is 176 Å². The number of aromatic amines is 1. The van der Waals surface area contributed by atoms with Crippen molar-refractivity contribution in [3.05, 3.63) is 23.8 Å². The summed E-state index contributed by atoms with van der Waals surface area (Å²) in [7, 11) is 0. The minimum Gasteiger partial charge on any atom is -0.465 e. The average molecular weight is 1180 g/mol. The van der Waals surface area contributed by atoms with Gasteiger partial charge >= 0.3 is 12.2 Å². The van der Waals surface area contributed by atoms with Crippen LogP contribution in [0, 0.1) is 11.8 Å². The van der Waals surface area contributed by atoms with E-state index in [1.807, 2.05) is 0 Å². The lowest BCUT2D eigenvalue weighted by atomic mass is 9.88. The maximum Gasteiger partial charge on any atom is 0.508 e. The largest absolute Gasteiger partial charge is 0.508 e. The fourth-order valence-electron chi connectivity index (χ4n) is 11.0. The number of carbonyl (C=O) groups excluding carboxylic acids is 13. The molecule has 7 aliphatic rings. The number of aliphatic hydroxyl groups excluding tert-OH is 1. The summed E-state index contributed by atoms with van der Waals surface area (Å²) in [6.07, 6.45) is -5.62. The number of thioether (sulfide) groups is 1. The van der Waals surface area contributed by atoms with E-state index in [0.717, 1.165) is 11.8 Å². The number of ether oxygens (including phenoxy) is 3. The number of fused-ring (bicyclic) bond motifs is 6. The number of nitrogens with two attached hydrogens (primary N) is 1. The number of benzene rings is 1. The number of rotatable bonds is 15. The van der Waals surface area contributed by atoms with Crippen LogP contribution < -0.4 is 53.0 Å². The van der Waals surface area contributed by atoms with Gasteiger partial charge in [-0.1, -0.05) is 40.0 Å². The Balaban J connectivity index is 1.28. The molecule has 7 aliphatic heterocycles. The Bertz CT molecular complexity index is 2930. The summed E-state index contributed by atoms with van der Waals surface area (Å²) in [5.41, 5.74) is 1.65. The third-order valence-corrected chi connectivity index (χ3v) is 16.8. The molecule has 31 heteroatoms. The highest BCUT2D eigenvalue weighted by Crippen LogP contribution is 2.42. The quantitative estimate of drug-likeness (QED) is 0.0377. The van der Waals surface area contributed by atoms with Crippen molar-refractivity contribution >= 4 is 100 Å². The molecular weight excluding hydrogens is 1110 g/mol. The number of aromatic nitrogens is 1. The van der Waals surface area contributed by atoms with Gasteiger partial charge in [0.05, 0.1) is 42.2 Å². The van der Waals surface area contributed by atoms with Crippen LogP contribution in [-0.4, -0.2) is 190 Å². The van der Waals surface area contributed by atoms with Crippen molar-refractivity contribution in [3.8, 4) is 5.75 Å². The van der Waals surface area contributed by atoms with Crippen molar-refractivity contribution in [2.75, 3.05) is 38.5 Å². The second-order valence-corrected chi connectivity index (χ2v) is 22.5. The Kier molecular flexibility index (Phi) is 19.3. The standard InChI is InChI=1S/C52H68N12O18S/c1-4-25(2)41-46(75)56-19-37(68)57-34-23-83-48-30-16-33(44(73)55-20-38(69)61-41)59-47(76)42(26(3)35-22-79-50(78)80-35)62-51(24-65)18-27(66)21-63(51)52(43(72)32(17-36(53)67)58-45(34)74,81-28-9-10-29(30)31(15-28)60-48)13-7-5-6-8-14-54-49(77)82-64-39(70)11-12-40(64)71/h9-10,15,24-27,32-35,41-42,60,62,66H,4-8,11-14,16-23H2,1-3H3,(H2,53,67)(H,54,77)(H,55,73)(H,56,75)(H,57,68)(H,58,74)(H,59,76)(H,61,69)/t25-,26-,27+,32-,33?,34?,35-,41-,42-,51-,52?/m0/s1. The minimum atomic E-state index is -2.56. The number of aliphatic hydroxyl groups is 1. The first kappa shape index (κ1) is 61.2. The summed E-state index contributed by atoms with van der Waals surface area (Å²) in [5, 5.41) is 34.2. The van der Waals surface area contributed by atoms with Crippen LogP contribution in [0.15, 0.2) is 23.2 Å². The van der Waals surface area contributed by atoms with Crippen LogP contribution in [0.2, 0.25) is 0 Å². The van der Waals surface area contributed by atoms with E-state index in [4.69, 9.17) is 24.8 Å². The molecule has 0 spiro atoms. The highest BCUT2D eigenvalue weighted by Gasteiger charge is 2.62. The average Bonchev–Trinajstić information content (AvgIpc) is 4.42. The molecule has 0 saturated carbocycles. The van der Waals surface area contributed by atoms with Crippen LogP contribution in [0.3, 0.4) is 0 Å². The number of imide groups is 1. The molecule has 3 fully saturated rings. The fourth-order valence-corrected chi connectivity index (χ4v) is 12.2. The third kappa shape index (κ3) is 13.8. The number of amides is 10. The zero-order valence-corrected chi connectivity index (χ0v) is 46.6. The second-order valence-electron chi connectivity index (χ2n) is 21.4. The molecule has 30 nitrogen and oxygen atoms in total. The molecule has 83 heavy (non-hydrogen) atoms. The fraction of sp³-hybridized carbons (Fsp3) is 0.596. The van der Waals surface area contributed by atoms with E-state index in [0.29, 0.717) is 45.7 Å². The predicted octanol–water partition coefficient (Wildman–Crippen LogP) is -2.59. The zero-order valence-electron chi connectivity index (χ0n) is 45.8. The maximum atomic E-state index is 16.3. The van der Waals surface area contributed by atoms with E-state index in [1.54, 1.807) is 19.9 Å². The molecule has 0 radical (unpaired) electrons. The van der Waals surface area contributed by atoms with Crippen LogP contribution in [0.5, 0.6) is 5.75 Å². The van der Waals surface area contributed by atoms with E-state index in [9.17, 15) is 57.8 Å². The smallest absolute Gasteiger partial charge is 0.465 e. The Morgan fingerprint density at radius 1 is 0.892 bits per heavy atom. The van der Waals surface area contributed by atoms with Gasteiger partial charge in [-0.15, -0.1) is 16.8 Å². The highest BCUT2D eigenvalue weighted by molar-refractivity contribution is 7.99. The number of primary amides is 1. The zero-order chi connectivity index (χ0) is 59.9. The molecule has 0 aliphatic carbocycles. The first-order chi connectivity index (χ1) is 39.5. The summed E-state index contributed by atoms with van der Waals surface area (Å²) < 4.78 is 17.6. The molecule has 3 unspecified atom stereocenters. The molecule has 8 heterocycles. The van der Waals surface area contributed by atoms with E-state index >= 15 is 9.59 Å². The molecule has 3 saturated heterocycles. The van der Waals surface area contributed by atoms with Crippen molar-refractivity contribution in [3.63, 3.8) is 0 Å². The Morgan fingerprint density at radius 3 is 2.29 bits per heavy atom. The predicted molar refractivity (Wildman–Crippen MR) is 285 cm³/mol. The SMILES string of the molecule is CC[C@H](C)[C@@H]1NC(=O)CNC(=O)C2Cc3c4[nH]c5cc(ccc35)OC(CCCCCCNC(=O)ON3C(=O)CCC3=O)(C(=O)[C@H](CC(N)=O)NC(=O)C(CS4)NC(=O)CNC1=O)N1C[C@H](O)C[C@]1(C=O)N[C@@H]([C@@H](C)[C@@H]1COC(=O)O1)C(=O)N2. The van der Waals surface area contributed by atoms with Gasteiger partial charge in [0.2, 0.25) is 52.9 Å². The molecular formula is C52H68N12O18S. The van der Waals surface area contributed by atoms with Gasteiger partial charge < -0.3 is 72.1 Å². The van der Waals surface area contributed by atoms with E-state index in [-0.39, 0.29) is 63.2 Å². The lowest BCUT2D eigenvalue weighted by molar-refractivity contribution is -0.176. The molecule has 1 aromatic carbocycles.